The highest BCUT2D eigenvalue weighted by Crippen LogP contribution is 2.33. The maximum Gasteiger partial charge on any atom is 0.143 e. The van der Waals surface area contributed by atoms with Gasteiger partial charge in [0.15, 0.2) is 0 Å². The Morgan fingerprint density at radius 2 is 1.95 bits per heavy atom. The normalized spacial score (nSPS) is 13.6. The SMILES string of the molecule is Cn1cc(C(O)c2cccc(Br)c2F)c(C(C)(C)C)n1. The minimum absolute atomic E-state index is 0.222. The Kier molecular flexibility index (Phi) is 4.02. The highest BCUT2D eigenvalue weighted by Gasteiger charge is 2.28. The summed E-state index contributed by atoms with van der Waals surface area (Å²) in [6.45, 7) is 6.05. The van der Waals surface area contributed by atoms with Crippen molar-refractivity contribution in [1.82, 2.24) is 9.78 Å². The summed E-state index contributed by atoms with van der Waals surface area (Å²) in [6, 6.07) is 4.91. The maximum absolute atomic E-state index is 14.1. The summed E-state index contributed by atoms with van der Waals surface area (Å²) in [7, 11) is 1.79. The van der Waals surface area contributed by atoms with Crippen LogP contribution in [0.3, 0.4) is 0 Å². The molecule has 0 aliphatic rings. The molecule has 5 heteroatoms. The van der Waals surface area contributed by atoms with Gasteiger partial charge in [-0.25, -0.2) is 4.39 Å². The fraction of sp³-hybridized carbons (Fsp3) is 0.400. The molecule has 2 rings (SSSR count). The molecule has 1 N–H and O–H groups in total. The van der Waals surface area contributed by atoms with Crippen LogP contribution in [0.25, 0.3) is 0 Å². The van der Waals surface area contributed by atoms with E-state index in [4.69, 9.17) is 0 Å². The average molecular weight is 341 g/mol. The lowest BCUT2D eigenvalue weighted by atomic mass is 9.87. The van der Waals surface area contributed by atoms with Gasteiger partial charge >= 0.3 is 0 Å². The Hall–Kier alpha value is -1.20. The standard InChI is InChI=1S/C15H18BrFN2O/c1-15(2,3)14-10(8-19(4)18-14)13(20)9-6-5-7-11(16)12(9)17/h5-8,13,20H,1-4H3. The molecule has 3 nitrogen and oxygen atoms in total. The van der Waals surface area contributed by atoms with Crippen molar-refractivity contribution >= 4 is 15.9 Å². The number of aromatic nitrogens is 2. The minimum Gasteiger partial charge on any atom is -0.383 e. The molecule has 0 aliphatic heterocycles. The highest BCUT2D eigenvalue weighted by molar-refractivity contribution is 9.10. The molecule has 0 bridgehead atoms. The van der Waals surface area contributed by atoms with Gasteiger partial charge in [0.05, 0.1) is 10.2 Å². The number of aryl methyl sites for hydroxylation is 1. The molecule has 0 saturated heterocycles. The Morgan fingerprint density at radius 3 is 2.55 bits per heavy atom. The third kappa shape index (κ3) is 2.79. The van der Waals surface area contributed by atoms with Gasteiger partial charge in [-0.1, -0.05) is 32.9 Å². The van der Waals surface area contributed by atoms with Gasteiger partial charge in [0, 0.05) is 29.8 Å². The van der Waals surface area contributed by atoms with Gasteiger partial charge in [-0.3, -0.25) is 4.68 Å². The van der Waals surface area contributed by atoms with Crippen LogP contribution in [0.5, 0.6) is 0 Å². The third-order valence-electron chi connectivity index (χ3n) is 3.14. The number of benzene rings is 1. The van der Waals surface area contributed by atoms with E-state index in [-0.39, 0.29) is 11.0 Å². The fourth-order valence-corrected chi connectivity index (χ4v) is 2.57. The number of aliphatic hydroxyl groups excluding tert-OH is 1. The summed E-state index contributed by atoms with van der Waals surface area (Å²) >= 11 is 3.14. The molecule has 2 aromatic rings. The van der Waals surface area contributed by atoms with Crippen LogP contribution in [0.2, 0.25) is 0 Å². The summed E-state index contributed by atoms with van der Waals surface area (Å²) in [4.78, 5) is 0. The van der Waals surface area contributed by atoms with Crippen LogP contribution in [-0.2, 0) is 12.5 Å². The number of nitrogens with zero attached hydrogens (tertiary/aromatic N) is 2. The second-order valence-electron chi connectivity index (χ2n) is 5.90. The van der Waals surface area contributed by atoms with Gasteiger partial charge in [-0.05, 0) is 22.0 Å². The van der Waals surface area contributed by atoms with Gasteiger partial charge in [0.25, 0.3) is 0 Å². The lowest BCUT2D eigenvalue weighted by Gasteiger charge is -2.20. The zero-order valence-corrected chi connectivity index (χ0v) is 13.6. The fourth-order valence-electron chi connectivity index (χ4n) is 2.19. The van der Waals surface area contributed by atoms with Crippen molar-refractivity contribution in [3.8, 4) is 0 Å². The minimum atomic E-state index is -1.03. The van der Waals surface area contributed by atoms with Gasteiger partial charge in [0.2, 0.25) is 0 Å². The van der Waals surface area contributed by atoms with Crippen LogP contribution >= 0.6 is 15.9 Å². The van der Waals surface area contributed by atoms with E-state index < -0.39 is 11.9 Å². The number of hydrogen-bond acceptors (Lipinski definition) is 2. The van der Waals surface area contributed by atoms with Gasteiger partial charge < -0.3 is 5.11 Å². The molecule has 0 aliphatic carbocycles. The van der Waals surface area contributed by atoms with E-state index in [9.17, 15) is 9.50 Å². The molecule has 20 heavy (non-hydrogen) atoms. The van der Waals surface area contributed by atoms with E-state index in [2.05, 4.69) is 21.0 Å². The molecule has 1 unspecified atom stereocenters. The molecule has 0 spiro atoms. The van der Waals surface area contributed by atoms with Gasteiger partial charge in [0.1, 0.15) is 11.9 Å². The second kappa shape index (κ2) is 5.30. The summed E-state index contributed by atoms with van der Waals surface area (Å²) in [5.41, 5.74) is 1.43. The molecule has 0 radical (unpaired) electrons. The molecule has 0 fully saturated rings. The van der Waals surface area contributed by atoms with Crippen LogP contribution in [-0.4, -0.2) is 14.9 Å². The molecular formula is C15H18BrFN2O. The van der Waals surface area contributed by atoms with Crippen LogP contribution in [0.1, 0.15) is 43.7 Å². The van der Waals surface area contributed by atoms with E-state index in [0.29, 0.717) is 10.0 Å². The summed E-state index contributed by atoms with van der Waals surface area (Å²) in [5, 5.41) is 14.9. The van der Waals surface area contributed by atoms with Crippen LogP contribution < -0.4 is 0 Å². The Balaban J connectivity index is 2.54. The highest BCUT2D eigenvalue weighted by atomic mass is 79.9. The predicted octanol–water partition coefficient (Wildman–Crippen LogP) is 3.70. The maximum atomic E-state index is 14.1. The van der Waals surface area contributed by atoms with Crippen LogP contribution in [0.4, 0.5) is 4.39 Å². The van der Waals surface area contributed by atoms with Crippen LogP contribution in [0, 0.1) is 5.82 Å². The second-order valence-corrected chi connectivity index (χ2v) is 6.76. The van der Waals surface area contributed by atoms with E-state index in [1.165, 1.54) is 0 Å². The Bertz CT molecular complexity index is 631. The Labute approximate surface area is 126 Å². The van der Waals surface area contributed by atoms with Crippen molar-refractivity contribution < 1.29 is 9.50 Å². The zero-order valence-electron chi connectivity index (χ0n) is 12.0. The topological polar surface area (TPSA) is 38.0 Å². The van der Waals surface area contributed by atoms with Crippen molar-refractivity contribution in [3.05, 3.63) is 51.5 Å². The third-order valence-corrected chi connectivity index (χ3v) is 3.75. The summed E-state index contributed by atoms with van der Waals surface area (Å²) in [5.74, 6) is -0.441. The van der Waals surface area contributed by atoms with E-state index in [0.717, 1.165) is 5.69 Å². The van der Waals surface area contributed by atoms with Crippen LogP contribution in [0.15, 0.2) is 28.9 Å². The van der Waals surface area contributed by atoms with E-state index >= 15 is 0 Å². The first-order chi connectivity index (χ1) is 9.21. The first-order valence-corrected chi connectivity index (χ1v) is 7.17. The van der Waals surface area contributed by atoms with Crippen molar-refractivity contribution in [2.75, 3.05) is 0 Å². The summed E-state index contributed by atoms with van der Waals surface area (Å²) < 4.78 is 16.1. The molecule has 1 atom stereocenters. The van der Waals surface area contributed by atoms with Gasteiger partial charge in [-0.15, -0.1) is 0 Å². The smallest absolute Gasteiger partial charge is 0.143 e. The molecule has 1 aromatic heterocycles. The van der Waals surface area contributed by atoms with Gasteiger partial charge in [-0.2, -0.15) is 5.10 Å². The number of hydrogen-bond donors (Lipinski definition) is 1. The van der Waals surface area contributed by atoms with E-state index in [1.807, 2.05) is 20.8 Å². The predicted molar refractivity (Wildman–Crippen MR) is 80.1 cm³/mol. The quantitative estimate of drug-likeness (QED) is 0.905. The molecule has 1 heterocycles. The van der Waals surface area contributed by atoms with Crippen molar-refractivity contribution in [3.63, 3.8) is 0 Å². The first kappa shape index (κ1) is 15.2. The van der Waals surface area contributed by atoms with E-state index in [1.54, 1.807) is 36.1 Å². The average Bonchev–Trinajstić information content (AvgIpc) is 2.74. The summed E-state index contributed by atoms with van der Waals surface area (Å²) in [6.07, 6.45) is 0.710. The van der Waals surface area contributed by atoms with Crippen molar-refractivity contribution in [1.29, 1.82) is 0 Å². The number of aliphatic hydroxyl groups is 1. The number of rotatable bonds is 2. The molecule has 108 valence electrons. The lowest BCUT2D eigenvalue weighted by molar-refractivity contribution is 0.212. The molecule has 0 saturated carbocycles. The first-order valence-electron chi connectivity index (χ1n) is 6.38. The Morgan fingerprint density at radius 1 is 1.30 bits per heavy atom. The zero-order chi connectivity index (χ0) is 15.1. The van der Waals surface area contributed by atoms with Crippen molar-refractivity contribution in [2.24, 2.45) is 7.05 Å². The molecular weight excluding hydrogens is 323 g/mol. The van der Waals surface area contributed by atoms with Crippen molar-refractivity contribution in [2.45, 2.75) is 32.3 Å². The monoisotopic (exact) mass is 340 g/mol. The molecule has 0 amide bonds. The lowest BCUT2D eigenvalue weighted by Crippen LogP contribution is -2.17. The molecule has 1 aromatic carbocycles. The largest absolute Gasteiger partial charge is 0.383 e. The number of halogens is 2.